The summed E-state index contributed by atoms with van der Waals surface area (Å²) in [5, 5.41) is 5.90. The molecule has 33 heavy (non-hydrogen) atoms. The fourth-order valence-corrected chi connectivity index (χ4v) is 3.98. The summed E-state index contributed by atoms with van der Waals surface area (Å²) >= 11 is 1.16. The van der Waals surface area contributed by atoms with E-state index in [1.165, 1.54) is 31.4 Å². The molecule has 0 saturated carbocycles. The number of rotatable bonds is 7. The second kappa shape index (κ2) is 9.66. The number of hydrazone groups is 1. The number of anilines is 1. The molecule has 9 heteroatoms. The topological polar surface area (TPSA) is 73.2 Å². The van der Waals surface area contributed by atoms with E-state index in [0.29, 0.717) is 38.2 Å². The number of aromatic nitrogens is 1. The fourth-order valence-electron chi connectivity index (χ4n) is 3.03. The highest BCUT2D eigenvalue weighted by Crippen LogP contribution is 2.32. The molecular formula is C24H20FN3O4S. The third kappa shape index (κ3) is 4.93. The first-order chi connectivity index (χ1) is 16.0. The van der Waals surface area contributed by atoms with Gasteiger partial charge in [-0.2, -0.15) is 10.1 Å². The number of fused-ring (bicyclic) bond motifs is 1. The van der Waals surface area contributed by atoms with Gasteiger partial charge in [-0.15, -0.1) is 0 Å². The van der Waals surface area contributed by atoms with Gasteiger partial charge in [-0.3, -0.25) is 4.79 Å². The Morgan fingerprint density at radius 2 is 1.61 bits per heavy atom. The van der Waals surface area contributed by atoms with E-state index in [9.17, 15) is 9.18 Å². The molecule has 0 atom stereocenters. The Bertz CT molecular complexity index is 1300. The zero-order chi connectivity index (χ0) is 23.4. The van der Waals surface area contributed by atoms with Crippen molar-refractivity contribution in [2.75, 3.05) is 26.3 Å². The smallest absolute Gasteiger partial charge is 0.281 e. The SMILES string of the molecule is COc1ccc(/C=N/N(C(=O)c2cc(OC)cc(OC)c2)c2nc3ccc(F)cc3s2)cc1. The second-order valence-corrected chi connectivity index (χ2v) is 7.85. The summed E-state index contributed by atoms with van der Waals surface area (Å²) < 4.78 is 30.1. The molecule has 7 nitrogen and oxygen atoms in total. The van der Waals surface area contributed by atoms with E-state index in [0.717, 1.165) is 16.9 Å². The molecule has 0 aliphatic rings. The average Bonchev–Trinajstić information content (AvgIpc) is 3.26. The molecule has 0 N–H and O–H groups in total. The quantitative estimate of drug-likeness (QED) is 0.279. The molecule has 4 aromatic rings. The number of hydrogen-bond donors (Lipinski definition) is 0. The highest BCUT2D eigenvalue weighted by Gasteiger charge is 2.22. The van der Waals surface area contributed by atoms with Crippen molar-refractivity contribution in [3.8, 4) is 17.2 Å². The number of nitrogens with zero attached hydrogens (tertiary/aromatic N) is 3. The number of halogens is 1. The molecule has 0 unspecified atom stereocenters. The minimum Gasteiger partial charge on any atom is -0.497 e. The summed E-state index contributed by atoms with van der Waals surface area (Å²) in [7, 11) is 4.59. The van der Waals surface area contributed by atoms with E-state index in [2.05, 4.69) is 10.1 Å². The first kappa shape index (κ1) is 22.2. The zero-order valence-electron chi connectivity index (χ0n) is 18.1. The van der Waals surface area contributed by atoms with Crippen molar-refractivity contribution in [1.82, 2.24) is 4.98 Å². The highest BCUT2D eigenvalue weighted by molar-refractivity contribution is 7.22. The van der Waals surface area contributed by atoms with Crippen LogP contribution in [-0.4, -0.2) is 38.4 Å². The van der Waals surface area contributed by atoms with Crippen molar-refractivity contribution in [2.24, 2.45) is 5.10 Å². The third-order valence-electron chi connectivity index (χ3n) is 4.75. The van der Waals surface area contributed by atoms with Gasteiger partial charge in [-0.05, 0) is 60.2 Å². The predicted octanol–water partition coefficient (Wildman–Crippen LogP) is 5.14. The van der Waals surface area contributed by atoms with Crippen LogP contribution in [-0.2, 0) is 0 Å². The van der Waals surface area contributed by atoms with Crippen molar-refractivity contribution in [1.29, 1.82) is 0 Å². The predicted molar refractivity (Wildman–Crippen MR) is 127 cm³/mol. The number of ether oxygens (including phenoxy) is 3. The number of amides is 1. The van der Waals surface area contributed by atoms with Crippen LogP contribution in [0.1, 0.15) is 15.9 Å². The lowest BCUT2D eigenvalue weighted by molar-refractivity contribution is 0.0987. The lowest BCUT2D eigenvalue weighted by Gasteiger charge is -2.15. The van der Waals surface area contributed by atoms with Gasteiger partial charge < -0.3 is 14.2 Å². The number of hydrogen-bond acceptors (Lipinski definition) is 7. The van der Waals surface area contributed by atoms with Gasteiger partial charge in [0.25, 0.3) is 5.91 Å². The van der Waals surface area contributed by atoms with Crippen molar-refractivity contribution < 1.29 is 23.4 Å². The molecular weight excluding hydrogens is 445 g/mol. The van der Waals surface area contributed by atoms with Crippen LogP contribution in [0.3, 0.4) is 0 Å². The third-order valence-corrected chi connectivity index (χ3v) is 5.74. The first-order valence-electron chi connectivity index (χ1n) is 9.82. The lowest BCUT2D eigenvalue weighted by Crippen LogP contribution is -2.25. The average molecular weight is 466 g/mol. The van der Waals surface area contributed by atoms with Crippen LogP contribution in [0.2, 0.25) is 0 Å². The van der Waals surface area contributed by atoms with E-state index < -0.39 is 5.91 Å². The number of carbonyl (C=O) groups excluding carboxylic acids is 1. The van der Waals surface area contributed by atoms with Crippen LogP contribution in [0.25, 0.3) is 10.2 Å². The molecule has 0 fully saturated rings. The Morgan fingerprint density at radius 3 is 2.24 bits per heavy atom. The first-order valence-corrected chi connectivity index (χ1v) is 10.6. The summed E-state index contributed by atoms with van der Waals surface area (Å²) in [4.78, 5) is 18.0. The molecule has 1 heterocycles. The standard InChI is InChI=1S/C24H20FN3O4S/c1-30-18-7-4-15(5-8-18)14-26-28(24-27-21-9-6-17(25)12-22(21)33-24)23(29)16-10-19(31-2)13-20(11-16)32-3/h4-14H,1-3H3/b26-14+. The maximum atomic E-state index is 13.7. The van der Waals surface area contributed by atoms with E-state index in [1.807, 2.05) is 12.1 Å². The van der Waals surface area contributed by atoms with E-state index >= 15 is 0 Å². The van der Waals surface area contributed by atoms with E-state index in [4.69, 9.17) is 14.2 Å². The Hall–Kier alpha value is -3.98. The van der Waals surface area contributed by atoms with Crippen molar-refractivity contribution in [3.63, 3.8) is 0 Å². The molecule has 4 rings (SSSR count). The molecule has 0 bridgehead atoms. The van der Waals surface area contributed by atoms with Gasteiger partial charge in [0.2, 0.25) is 5.13 Å². The van der Waals surface area contributed by atoms with Crippen molar-refractivity contribution in [2.45, 2.75) is 0 Å². The summed E-state index contributed by atoms with van der Waals surface area (Å²) in [5.74, 6) is 0.800. The van der Waals surface area contributed by atoms with E-state index in [-0.39, 0.29) is 5.82 Å². The van der Waals surface area contributed by atoms with Gasteiger partial charge in [-0.25, -0.2) is 9.37 Å². The van der Waals surface area contributed by atoms with Gasteiger partial charge in [0.05, 0.1) is 37.8 Å². The summed E-state index contributed by atoms with van der Waals surface area (Å²) in [6.45, 7) is 0. The number of thiazole rings is 1. The van der Waals surface area contributed by atoms with Gasteiger partial charge >= 0.3 is 0 Å². The number of carbonyl (C=O) groups is 1. The molecule has 1 amide bonds. The molecule has 0 radical (unpaired) electrons. The van der Waals surface area contributed by atoms with Crippen LogP contribution in [0.5, 0.6) is 17.2 Å². The van der Waals surface area contributed by atoms with Gasteiger partial charge in [0.15, 0.2) is 0 Å². The molecule has 0 spiro atoms. The summed E-state index contributed by atoms with van der Waals surface area (Å²) in [6.07, 6.45) is 1.54. The number of methoxy groups -OCH3 is 3. The Labute approximate surface area is 193 Å². The van der Waals surface area contributed by atoms with Crippen LogP contribution < -0.4 is 19.2 Å². The van der Waals surface area contributed by atoms with Crippen LogP contribution in [0.15, 0.2) is 65.8 Å². The number of benzene rings is 3. The minimum absolute atomic E-state index is 0.295. The normalized spacial score (nSPS) is 11.0. The second-order valence-electron chi connectivity index (χ2n) is 6.84. The molecule has 0 aliphatic heterocycles. The molecule has 1 aromatic heterocycles. The fraction of sp³-hybridized carbons (Fsp3) is 0.125. The zero-order valence-corrected chi connectivity index (χ0v) is 18.9. The summed E-state index contributed by atoms with van der Waals surface area (Å²) in [5.41, 5.74) is 1.62. The van der Waals surface area contributed by atoms with Gasteiger partial charge in [-0.1, -0.05) is 11.3 Å². The Kier molecular flexibility index (Phi) is 6.50. The van der Waals surface area contributed by atoms with Crippen LogP contribution in [0, 0.1) is 5.82 Å². The van der Waals surface area contributed by atoms with Crippen LogP contribution in [0.4, 0.5) is 9.52 Å². The van der Waals surface area contributed by atoms with Crippen molar-refractivity contribution in [3.05, 3.63) is 77.6 Å². The largest absolute Gasteiger partial charge is 0.497 e. The van der Waals surface area contributed by atoms with E-state index in [1.54, 1.807) is 49.7 Å². The minimum atomic E-state index is -0.448. The summed E-state index contributed by atoms with van der Waals surface area (Å²) in [6, 6.07) is 16.3. The maximum Gasteiger partial charge on any atom is 0.281 e. The van der Waals surface area contributed by atoms with Crippen LogP contribution >= 0.6 is 11.3 Å². The van der Waals surface area contributed by atoms with Gasteiger partial charge in [0, 0.05) is 11.6 Å². The molecule has 0 saturated heterocycles. The van der Waals surface area contributed by atoms with Crippen molar-refractivity contribution >= 4 is 38.8 Å². The molecule has 3 aromatic carbocycles. The molecule has 0 aliphatic carbocycles. The molecule has 168 valence electrons. The van der Waals surface area contributed by atoms with Gasteiger partial charge in [0.1, 0.15) is 23.1 Å². The monoisotopic (exact) mass is 465 g/mol. The lowest BCUT2D eigenvalue weighted by atomic mass is 10.2. The Morgan fingerprint density at radius 1 is 0.939 bits per heavy atom. The Balaban J connectivity index is 1.77. The maximum absolute atomic E-state index is 13.7. The highest BCUT2D eigenvalue weighted by atomic mass is 32.1.